The summed E-state index contributed by atoms with van der Waals surface area (Å²) in [6.45, 7) is 7.85. The Morgan fingerprint density at radius 2 is 1.67 bits per heavy atom. The lowest BCUT2D eigenvalue weighted by Crippen LogP contribution is -2.42. The maximum absolute atomic E-state index is 13.0. The molecule has 24 heavy (non-hydrogen) atoms. The van der Waals surface area contributed by atoms with Gasteiger partial charge in [-0.2, -0.15) is 0 Å². The molecule has 0 saturated carbocycles. The highest BCUT2D eigenvalue weighted by molar-refractivity contribution is 6.01. The molecule has 0 spiro atoms. The summed E-state index contributed by atoms with van der Waals surface area (Å²) in [6, 6.07) is 7.14. The van der Waals surface area contributed by atoms with E-state index in [1.54, 1.807) is 29.2 Å². The number of hydrogen-bond donors (Lipinski definition) is 1. The number of carboxylic acids is 1. The molecule has 0 aliphatic heterocycles. The molecule has 6 nitrogen and oxygen atoms in total. The molecule has 126 valence electrons. The molecule has 0 aliphatic rings. The van der Waals surface area contributed by atoms with Crippen molar-refractivity contribution in [3.05, 3.63) is 47.9 Å². The molecular formula is C18H21N3O3. The zero-order valence-corrected chi connectivity index (χ0v) is 14.2. The molecule has 1 amide bonds. The van der Waals surface area contributed by atoms with Gasteiger partial charge in [-0.25, -0.2) is 9.78 Å². The van der Waals surface area contributed by atoms with E-state index in [0.29, 0.717) is 16.8 Å². The highest BCUT2D eigenvalue weighted by Gasteiger charge is 2.24. The number of hydrogen-bond acceptors (Lipinski definition) is 4. The average Bonchev–Trinajstić information content (AvgIpc) is 2.54. The van der Waals surface area contributed by atoms with E-state index >= 15 is 0 Å². The van der Waals surface area contributed by atoms with E-state index in [-0.39, 0.29) is 23.7 Å². The molecule has 0 bridgehead atoms. The Morgan fingerprint density at radius 1 is 1.04 bits per heavy atom. The van der Waals surface area contributed by atoms with Gasteiger partial charge in [0, 0.05) is 23.2 Å². The molecule has 2 aromatic rings. The summed E-state index contributed by atoms with van der Waals surface area (Å²) in [5.41, 5.74) is 1.27. The first-order valence-corrected chi connectivity index (χ1v) is 7.80. The van der Waals surface area contributed by atoms with Crippen LogP contribution in [0, 0.1) is 0 Å². The molecule has 1 aromatic heterocycles. The van der Waals surface area contributed by atoms with Crippen LogP contribution in [0.15, 0.2) is 36.7 Å². The average molecular weight is 327 g/mol. The van der Waals surface area contributed by atoms with Crippen LogP contribution in [0.3, 0.4) is 0 Å². The first kappa shape index (κ1) is 17.6. The smallest absolute Gasteiger partial charge is 0.356 e. The second kappa shape index (κ2) is 7.21. The van der Waals surface area contributed by atoms with Crippen molar-refractivity contribution in [2.75, 3.05) is 0 Å². The normalized spacial score (nSPS) is 10.9. The number of carboxylic acid groups (broad SMARTS) is 1. The summed E-state index contributed by atoms with van der Waals surface area (Å²) in [7, 11) is 0. The van der Waals surface area contributed by atoms with Crippen LogP contribution in [0.5, 0.6) is 0 Å². The SMILES string of the molecule is CC(C)N(C(=O)c1ccccc1-c1cncc(C(=O)O)n1)C(C)C. The third-order valence-electron chi connectivity index (χ3n) is 3.63. The van der Waals surface area contributed by atoms with Gasteiger partial charge in [-0.3, -0.25) is 9.78 Å². The third kappa shape index (κ3) is 3.59. The largest absolute Gasteiger partial charge is 0.476 e. The minimum Gasteiger partial charge on any atom is -0.476 e. The van der Waals surface area contributed by atoms with Crippen molar-refractivity contribution in [3.63, 3.8) is 0 Å². The summed E-state index contributed by atoms with van der Waals surface area (Å²) < 4.78 is 0. The predicted octanol–water partition coefficient (Wildman–Crippen LogP) is 3.10. The third-order valence-corrected chi connectivity index (χ3v) is 3.63. The van der Waals surface area contributed by atoms with E-state index < -0.39 is 5.97 Å². The van der Waals surface area contributed by atoms with Gasteiger partial charge >= 0.3 is 5.97 Å². The molecule has 0 unspecified atom stereocenters. The van der Waals surface area contributed by atoms with Gasteiger partial charge < -0.3 is 10.0 Å². The van der Waals surface area contributed by atoms with Crippen LogP contribution in [0.4, 0.5) is 0 Å². The number of carbonyl (C=O) groups excluding carboxylic acids is 1. The highest BCUT2D eigenvalue weighted by Crippen LogP contribution is 2.24. The molecule has 0 fully saturated rings. The minimum atomic E-state index is -1.15. The van der Waals surface area contributed by atoms with Crippen molar-refractivity contribution in [2.24, 2.45) is 0 Å². The summed E-state index contributed by atoms with van der Waals surface area (Å²) >= 11 is 0. The van der Waals surface area contributed by atoms with E-state index in [1.165, 1.54) is 12.4 Å². The maximum atomic E-state index is 13.0. The van der Waals surface area contributed by atoms with Crippen LogP contribution in [-0.4, -0.2) is 43.9 Å². The van der Waals surface area contributed by atoms with Gasteiger partial charge in [-0.15, -0.1) is 0 Å². The fraction of sp³-hybridized carbons (Fsp3) is 0.333. The van der Waals surface area contributed by atoms with Gasteiger partial charge in [-0.1, -0.05) is 18.2 Å². The lowest BCUT2D eigenvalue weighted by Gasteiger charge is -2.31. The Balaban J connectivity index is 2.53. The fourth-order valence-electron chi connectivity index (χ4n) is 2.70. The first-order chi connectivity index (χ1) is 11.3. The van der Waals surface area contributed by atoms with Gasteiger partial charge in [0.2, 0.25) is 0 Å². The number of aromatic carboxylic acids is 1. The molecular weight excluding hydrogens is 306 g/mol. The van der Waals surface area contributed by atoms with Crippen LogP contribution in [0.1, 0.15) is 48.5 Å². The van der Waals surface area contributed by atoms with Gasteiger partial charge in [0.1, 0.15) is 0 Å². The standard InChI is InChI=1S/C18H21N3O3/c1-11(2)21(12(3)4)17(22)14-8-6-5-7-13(14)15-9-19-10-16(20-15)18(23)24/h5-12H,1-4H3,(H,23,24). The Hall–Kier alpha value is -2.76. The summed E-state index contributed by atoms with van der Waals surface area (Å²) in [5, 5.41) is 9.09. The van der Waals surface area contributed by atoms with Crippen molar-refractivity contribution in [2.45, 2.75) is 39.8 Å². The maximum Gasteiger partial charge on any atom is 0.356 e. The second-order valence-corrected chi connectivity index (χ2v) is 6.04. The van der Waals surface area contributed by atoms with Crippen LogP contribution in [-0.2, 0) is 0 Å². The number of carbonyl (C=O) groups is 2. The van der Waals surface area contributed by atoms with E-state index in [1.807, 2.05) is 27.7 Å². The van der Waals surface area contributed by atoms with Crippen LogP contribution in [0.2, 0.25) is 0 Å². The zero-order chi connectivity index (χ0) is 17.9. The van der Waals surface area contributed by atoms with Crippen LogP contribution < -0.4 is 0 Å². The van der Waals surface area contributed by atoms with Crippen LogP contribution >= 0.6 is 0 Å². The Kier molecular flexibility index (Phi) is 5.28. The first-order valence-electron chi connectivity index (χ1n) is 7.80. The molecule has 0 atom stereocenters. The van der Waals surface area contributed by atoms with Crippen LogP contribution in [0.25, 0.3) is 11.3 Å². The van der Waals surface area contributed by atoms with E-state index in [9.17, 15) is 9.59 Å². The highest BCUT2D eigenvalue weighted by atomic mass is 16.4. The molecule has 2 rings (SSSR count). The van der Waals surface area contributed by atoms with Gasteiger partial charge in [-0.05, 0) is 33.8 Å². The lowest BCUT2D eigenvalue weighted by molar-refractivity contribution is 0.0643. The quantitative estimate of drug-likeness (QED) is 0.912. The fourth-order valence-corrected chi connectivity index (χ4v) is 2.70. The predicted molar refractivity (Wildman–Crippen MR) is 90.9 cm³/mol. The zero-order valence-electron chi connectivity index (χ0n) is 14.2. The molecule has 1 heterocycles. The monoisotopic (exact) mass is 327 g/mol. The Labute approximate surface area is 141 Å². The lowest BCUT2D eigenvalue weighted by atomic mass is 10.0. The minimum absolute atomic E-state index is 0.0435. The van der Waals surface area contributed by atoms with E-state index in [2.05, 4.69) is 9.97 Å². The summed E-state index contributed by atoms with van der Waals surface area (Å²) in [5.74, 6) is -1.27. The second-order valence-electron chi connectivity index (χ2n) is 6.04. The van der Waals surface area contributed by atoms with Crippen molar-refractivity contribution in [3.8, 4) is 11.3 Å². The van der Waals surface area contributed by atoms with Crippen molar-refractivity contribution in [1.29, 1.82) is 0 Å². The molecule has 6 heteroatoms. The topological polar surface area (TPSA) is 83.4 Å². The van der Waals surface area contributed by atoms with Crippen molar-refractivity contribution >= 4 is 11.9 Å². The molecule has 0 radical (unpaired) electrons. The summed E-state index contributed by atoms with van der Waals surface area (Å²) in [6.07, 6.45) is 2.65. The summed E-state index contributed by atoms with van der Waals surface area (Å²) in [4.78, 5) is 33.9. The van der Waals surface area contributed by atoms with E-state index in [0.717, 1.165) is 0 Å². The Morgan fingerprint density at radius 3 is 2.25 bits per heavy atom. The van der Waals surface area contributed by atoms with Gasteiger partial charge in [0.05, 0.1) is 18.1 Å². The van der Waals surface area contributed by atoms with Gasteiger partial charge in [0.15, 0.2) is 5.69 Å². The molecule has 1 N–H and O–H groups in total. The van der Waals surface area contributed by atoms with E-state index in [4.69, 9.17) is 5.11 Å². The molecule has 0 saturated heterocycles. The molecule has 0 aliphatic carbocycles. The number of nitrogens with zero attached hydrogens (tertiary/aromatic N) is 3. The van der Waals surface area contributed by atoms with Gasteiger partial charge in [0.25, 0.3) is 5.91 Å². The number of rotatable bonds is 5. The Bertz CT molecular complexity index is 749. The molecule has 1 aromatic carbocycles. The number of aromatic nitrogens is 2. The number of amides is 1. The van der Waals surface area contributed by atoms with Crippen molar-refractivity contribution in [1.82, 2.24) is 14.9 Å². The van der Waals surface area contributed by atoms with Crippen molar-refractivity contribution < 1.29 is 14.7 Å². The number of benzene rings is 1.